The van der Waals surface area contributed by atoms with Gasteiger partial charge in [0.2, 0.25) is 0 Å². The van der Waals surface area contributed by atoms with E-state index in [0.717, 1.165) is 16.8 Å². The number of hydrogen-bond acceptors (Lipinski definition) is 6. The number of hydrogen-bond donors (Lipinski definition) is 1. The lowest BCUT2D eigenvalue weighted by molar-refractivity contribution is -0.138. The van der Waals surface area contributed by atoms with Crippen LogP contribution < -0.4 is 14.8 Å². The van der Waals surface area contributed by atoms with Crippen molar-refractivity contribution in [2.24, 2.45) is 5.41 Å². The summed E-state index contributed by atoms with van der Waals surface area (Å²) in [6.45, 7) is 8.05. The third-order valence-corrected chi connectivity index (χ3v) is 5.62. The summed E-state index contributed by atoms with van der Waals surface area (Å²) in [6, 6.07) is 5.69. The highest BCUT2D eigenvalue weighted by Gasteiger charge is 2.44. The van der Waals surface area contributed by atoms with Crippen LogP contribution in [-0.2, 0) is 14.3 Å². The van der Waals surface area contributed by atoms with E-state index < -0.39 is 5.41 Å². The molecule has 6 nitrogen and oxygen atoms in total. The summed E-state index contributed by atoms with van der Waals surface area (Å²) in [6.07, 6.45) is 0.780. The van der Waals surface area contributed by atoms with Crippen molar-refractivity contribution in [1.82, 2.24) is 5.32 Å². The number of benzene rings is 1. The quantitative estimate of drug-likeness (QED) is 0.758. The van der Waals surface area contributed by atoms with Crippen molar-refractivity contribution in [3.05, 3.63) is 46.3 Å². The molecule has 1 heterocycles. The van der Waals surface area contributed by atoms with Crippen molar-refractivity contribution >= 4 is 11.8 Å². The SMILES string of the molecule is CCOC(=O)C1=C(C)NC2=C(C1c1ccc(OC)c(OC)c1)C(C)(C)CC(=O)C2. The summed E-state index contributed by atoms with van der Waals surface area (Å²) in [4.78, 5) is 25.3. The lowest BCUT2D eigenvalue weighted by Gasteiger charge is -2.43. The third kappa shape index (κ3) is 3.76. The van der Waals surface area contributed by atoms with Gasteiger partial charge < -0.3 is 19.5 Å². The molecule has 0 aromatic heterocycles. The number of Topliss-reactive ketones (excluding diaryl/α,β-unsaturated/α-hetero) is 1. The molecule has 1 aliphatic carbocycles. The molecule has 0 fully saturated rings. The number of carbonyl (C=O) groups excluding carboxylic acids is 2. The molecule has 1 unspecified atom stereocenters. The Kier molecular flexibility index (Phi) is 5.73. The van der Waals surface area contributed by atoms with Crippen molar-refractivity contribution in [1.29, 1.82) is 0 Å². The van der Waals surface area contributed by atoms with Crippen molar-refractivity contribution < 1.29 is 23.8 Å². The minimum Gasteiger partial charge on any atom is -0.493 e. The van der Waals surface area contributed by atoms with Crippen LogP contribution >= 0.6 is 0 Å². The van der Waals surface area contributed by atoms with E-state index in [1.165, 1.54) is 0 Å². The molecule has 29 heavy (non-hydrogen) atoms. The van der Waals surface area contributed by atoms with Gasteiger partial charge in [-0.1, -0.05) is 19.9 Å². The lowest BCUT2D eigenvalue weighted by atomic mass is 9.64. The zero-order valence-electron chi connectivity index (χ0n) is 18.0. The average Bonchev–Trinajstić information content (AvgIpc) is 2.65. The first-order valence-electron chi connectivity index (χ1n) is 9.85. The Bertz CT molecular complexity index is 910. The fourth-order valence-corrected chi connectivity index (χ4v) is 4.53. The molecule has 0 saturated heterocycles. The Morgan fingerprint density at radius 3 is 2.52 bits per heavy atom. The van der Waals surface area contributed by atoms with Crippen LogP contribution in [0.5, 0.6) is 11.5 Å². The van der Waals surface area contributed by atoms with Crippen molar-refractivity contribution in [2.75, 3.05) is 20.8 Å². The van der Waals surface area contributed by atoms with E-state index in [2.05, 4.69) is 19.2 Å². The van der Waals surface area contributed by atoms with Crippen LogP contribution in [-0.4, -0.2) is 32.6 Å². The number of carbonyl (C=O) groups is 2. The van der Waals surface area contributed by atoms with Gasteiger partial charge in [-0.2, -0.15) is 0 Å². The predicted molar refractivity (Wildman–Crippen MR) is 110 cm³/mol. The van der Waals surface area contributed by atoms with Gasteiger partial charge >= 0.3 is 5.97 Å². The summed E-state index contributed by atoms with van der Waals surface area (Å²) < 4.78 is 16.3. The monoisotopic (exact) mass is 399 g/mol. The molecule has 1 aromatic rings. The number of allylic oxidation sites excluding steroid dienone is 3. The van der Waals surface area contributed by atoms with Crippen molar-refractivity contribution in [3.63, 3.8) is 0 Å². The number of methoxy groups -OCH3 is 2. The Hall–Kier alpha value is -2.76. The Balaban J connectivity index is 2.24. The van der Waals surface area contributed by atoms with Gasteiger partial charge in [0.05, 0.1) is 26.4 Å². The average molecular weight is 399 g/mol. The van der Waals surface area contributed by atoms with Crippen LogP contribution in [0.4, 0.5) is 0 Å². The van der Waals surface area contributed by atoms with E-state index in [1.807, 2.05) is 25.1 Å². The number of dihydropyridines is 1. The maximum atomic E-state index is 13.0. The first-order chi connectivity index (χ1) is 13.7. The summed E-state index contributed by atoms with van der Waals surface area (Å²) >= 11 is 0. The molecule has 2 aliphatic rings. The molecular weight excluding hydrogens is 370 g/mol. The zero-order chi connectivity index (χ0) is 21.3. The van der Waals surface area contributed by atoms with Crippen molar-refractivity contribution in [2.45, 2.75) is 46.5 Å². The van der Waals surface area contributed by atoms with Crippen LogP contribution in [0.1, 0.15) is 52.0 Å². The normalized spacial score (nSPS) is 20.8. The fourth-order valence-electron chi connectivity index (χ4n) is 4.53. The number of ether oxygens (including phenoxy) is 3. The second kappa shape index (κ2) is 7.93. The maximum absolute atomic E-state index is 13.0. The van der Waals surface area contributed by atoms with Gasteiger partial charge in [-0.3, -0.25) is 4.79 Å². The van der Waals surface area contributed by atoms with Gasteiger partial charge in [0.1, 0.15) is 5.78 Å². The lowest BCUT2D eigenvalue weighted by Crippen LogP contribution is -2.39. The molecule has 0 bridgehead atoms. The highest BCUT2D eigenvalue weighted by Crippen LogP contribution is 2.51. The Morgan fingerprint density at radius 2 is 1.90 bits per heavy atom. The minimum atomic E-state index is -0.395. The topological polar surface area (TPSA) is 73.9 Å². The number of nitrogens with one attached hydrogen (secondary N) is 1. The van der Waals surface area contributed by atoms with E-state index in [4.69, 9.17) is 14.2 Å². The van der Waals surface area contributed by atoms with Gasteiger partial charge in [0, 0.05) is 30.2 Å². The molecular formula is C23H29NO5. The maximum Gasteiger partial charge on any atom is 0.336 e. The van der Waals surface area contributed by atoms with E-state index in [-0.39, 0.29) is 17.7 Å². The van der Waals surface area contributed by atoms with Crippen LogP contribution in [0.25, 0.3) is 0 Å². The number of esters is 1. The molecule has 1 atom stereocenters. The zero-order valence-corrected chi connectivity index (χ0v) is 18.0. The summed E-state index contributed by atoms with van der Waals surface area (Å²) in [5.41, 5.74) is 3.73. The van der Waals surface area contributed by atoms with E-state index in [9.17, 15) is 9.59 Å². The summed E-state index contributed by atoms with van der Waals surface area (Å²) in [7, 11) is 3.18. The van der Waals surface area contributed by atoms with Crippen molar-refractivity contribution in [3.8, 4) is 11.5 Å². The third-order valence-electron chi connectivity index (χ3n) is 5.62. The molecule has 0 saturated carbocycles. The van der Waals surface area contributed by atoms with E-state index in [0.29, 0.717) is 42.2 Å². The van der Waals surface area contributed by atoms with Gasteiger partial charge in [-0.25, -0.2) is 4.79 Å². The van der Waals surface area contributed by atoms with Gasteiger partial charge in [-0.05, 0) is 42.5 Å². The largest absolute Gasteiger partial charge is 0.493 e. The number of rotatable bonds is 5. The smallest absolute Gasteiger partial charge is 0.336 e. The molecule has 6 heteroatoms. The predicted octanol–water partition coefficient (Wildman–Crippen LogP) is 3.87. The second-order valence-electron chi connectivity index (χ2n) is 8.10. The molecule has 0 spiro atoms. The fraction of sp³-hybridized carbons (Fsp3) is 0.478. The summed E-state index contributed by atoms with van der Waals surface area (Å²) in [5, 5.41) is 3.33. The van der Waals surface area contributed by atoms with Crippen LogP contribution in [0, 0.1) is 5.41 Å². The molecule has 0 radical (unpaired) electrons. The minimum absolute atomic E-state index is 0.194. The molecule has 0 amide bonds. The van der Waals surface area contributed by atoms with Crippen LogP contribution in [0.2, 0.25) is 0 Å². The summed E-state index contributed by atoms with van der Waals surface area (Å²) in [5.74, 6) is 0.733. The van der Waals surface area contributed by atoms with Gasteiger partial charge in [0.15, 0.2) is 11.5 Å². The van der Waals surface area contributed by atoms with E-state index >= 15 is 0 Å². The van der Waals surface area contributed by atoms with Gasteiger partial charge in [-0.15, -0.1) is 0 Å². The molecule has 1 aliphatic heterocycles. The molecule has 3 rings (SSSR count). The highest BCUT2D eigenvalue weighted by molar-refractivity contribution is 5.94. The first-order valence-corrected chi connectivity index (χ1v) is 9.85. The Morgan fingerprint density at radius 1 is 1.21 bits per heavy atom. The molecule has 156 valence electrons. The van der Waals surface area contributed by atoms with Gasteiger partial charge in [0.25, 0.3) is 0 Å². The second-order valence-corrected chi connectivity index (χ2v) is 8.10. The van der Waals surface area contributed by atoms with Crippen LogP contribution in [0.15, 0.2) is 40.7 Å². The molecule has 1 N–H and O–H groups in total. The van der Waals surface area contributed by atoms with E-state index in [1.54, 1.807) is 21.1 Å². The Labute approximate surface area is 171 Å². The standard InChI is InChI=1S/C23H29NO5/c1-7-29-22(26)19-13(2)24-16-11-15(25)12-23(3,4)21(16)20(19)14-8-9-17(27-5)18(10-14)28-6/h8-10,20,24H,7,11-12H2,1-6H3. The first kappa shape index (κ1) is 21.0. The highest BCUT2D eigenvalue weighted by atomic mass is 16.5. The van der Waals surface area contributed by atoms with Crippen LogP contribution in [0.3, 0.4) is 0 Å². The molecule has 1 aromatic carbocycles. The number of ketones is 1.